The number of aliphatic hydroxyl groups excluding tert-OH is 1. The van der Waals surface area contributed by atoms with E-state index in [2.05, 4.69) is 23.6 Å². The second-order valence-electron chi connectivity index (χ2n) is 4.94. The van der Waals surface area contributed by atoms with Crippen LogP contribution in [0.3, 0.4) is 0 Å². The zero-order valence-electron chi connectivity index (χ0n) is 11.1. The maximum Gasteiger partial charge on any atom is 0.0558 e. The van der Waals surface area contributed by atoms with Gasteiger partial charge in [-0.3, -0.25) is 4.90 Å². The van der Waals surface area contributed by atoms with Crippen LogP contribution in [0.4, 0.5) is 5.69 Å². The summed E-state index contributed by atoms with van der Waals surface area (Å²) < 4.78 is 0. The van der Waals surface area contributed by atoms with Crippen molar-refractivity contribution in [1.82, 2.24) is 4.90 Å². The van der Waals surface area contributed by atoms with Crippen molar-refractivity contribution in [2.24, 2.45) is 0 Å². The second kappa shape index (κ2) is 5.91. The molecule has 0 bridgehead atoms. The highest BCUT2D eigenvalue weighted by atomic mass is 35.5. The molecule has 0 saturated carbocycles. The Labute approximate surface area is 114 Å². The van der Waals surface area contributed by atoms with Crippen molar-refractivity contribution in [2.45, 2.75) is 13.8 Å². The highest BCUT2D eigenvalue weighted by Gasteiger charge is 2.19. The zero-order valence-corrected chi connectivity index (χ0v) is 11.9. The minimum atomic E-state index is 0.249. The standard InChI is InChI=1S/C14H21ClN2O/c1-11-9-13(15)10-12(2)14(11)17-5-3-16(4-6-17)7-8-18/h9-10,18H,3-8H2,1-2H3. The Kier molecular flexibility index (Phi) is 4.49. The molecule has 1 fully saturated rings. The summed E-state index contributed by atoms with van der Waals surface area (Å²) in [5.74, 6) is 0. The molecule has 18 heavy (non-hydrogen) atoms. The topological polar surface area (TPSA) is 26.7 Å². The van der Waals surface area contributed by atoms with Crippen LogP contribution in [0.25, 0.3) is 0 Å². The molecule has 0 atom stereocenters. The van der Waals surface area contributed by atoms with E-state index in [4.69, 9.17) is 16.7 Å². The Balaban J connectivity index is 2.10. The van der Waals surface area contributed by atoms with Crippen molar-refractivity contribution >= 4 is 17.3 Å². The van der Waals surface area contributed by atoms with Gasteiger partial charge in [0.1, 0.15) is 0 Å². The lowest BCUT2D eigenvalue weighted by molar-refractivity contribution is 0.188. The number of piperazine rings is 1. The minimum absolute atomic E-state index is 0.249. The van der Waals surface area contributed by atoms with E-state index in [0.717, 1.165) is 37.7 Å². The lowest BCUT2D eigenvalue weighted by Crippen LogP contribution is -2.47. The average Bonchev–Trinajstić information content (AvgIpc) is 2.30. The molecule has 0 unspecified atom stereocenters. The van der Waals surface area contributed by atoms with Crippen LogP contribution in [0.5, 0.6) is 0 Å². The van der Waals surface area contributed by atoms with Crippen LogP contribution in [-0.2, 0) is 0 Å². The molecule has 0 aromatic heterocycles. The molecule has 1 saturated heterocycles. The molecule has 4 heteroatoms. The van der Waals surface area contributed by atoms with Crippen molar-refractivity contribution in [1.29, 1.82) is 0 Å². The van der Waals surface area contributed by atoms with Crippen LogP contribution in [0.2, 0.25) is 5.02 Å². The van der Waals surface area contributed by atoms with Crippen LogP contribution in [0.1, 0.15) is 11.1 Å². The second-order valence-corrected chi connectivity index (χ2v) is 5.38. The number of rotatable bonds is 3. The third-order valence-corrected chi connectivity index (χ3v) is 3.78. The van der Waals surface area contributed by atoms with E-state index in [1.54, 1.807) is 0 Å². The van der Waals surface area contributed by atoms with Gasteiger partial charge in [-0.25, -0.2) is 0 Å². The van der Waals surface area contributed by atoms with E-state index >= 15 is 0 Å². The van der Waals surface area contributed by atoms with Crippen molar-refractivity contribution in [2.75, 3.05) is 44.2 Å². The summed E-state index contributed by atoms with van der Waals surface area (Å²) in [5, 5.41) is 9.76. The molecule has 2 rings (SSSR count). The van der Waals surface area contributed by atoms with Crippen molar-refractivity contribution in [3.05, 3.63) is 28.3 Å². The van der Waals surface area contributed by atoms with Crippen LogP contribution in [-0.4, -0.2) is 49.3 Å². The first-order chi connectivity index (χ1) is 8.61. The highest BCUT2D eigenvalue weighted by Crippen LogP contribution is 2.29. The smallest absolute Gasteiger partial charge is 0.0558 e. The van der Waals surface area contributed by atoms with Crippen LogP contribution >= 0.6 is 11.6 Å². The van der Waals surface area contributed by atoms with E-state index in [9.17, 15) is 0 Å². The van der Waals surface area contributed by atoms with Crippen molar-refractivity contribution in [3.8, 4) is 0 Å². The maximum atomic E-state index is 8.95. The predicted molar refractivity (Wildman–Crippen MR) is 76.7 cm³/mol. The summed E-state index contributed by atoms with van der Waals surface area (Å²) in [6, 6.07) is 4.06. The normalized spacial score (nSPS) is 17.2. The molecule has 0 amide bonds. The Morgan fingerprint density at radius 3 is 2.17 bits per heavy atom. The summed E-state index contributed by atoms with van der Waals surface area (Å²) in [6.07, 6.45) is 0. The summed E-state index contributed by atoms with van der Waals surface area (Å²) in [6.45, 7) is 9.34. The Morgan fingerprint density at radius 1 is 1.11 bits per heavy atom. The molecule has 0 radical (unpaired) electrons. The van der Waals surface area contributed by atoms with E-state index in [1.807, 2.05) is 12.1 Å². The Morgan fingerprint density at radius 2 is 1.67 bits per heavy atom. The maximum absolute atomic E-state index is 8.95. The van der Waals surface area contributed by atoms with Gasteiger partial charge in [-0.15, -0.1) is 0 Å². The van der Waals surface area contributed by atoms with E-state index in [0.29, 0.717) is 0 Å². The van der Waals surface area contributed by atoms with Gasteiger partial charge in [-0.1, -0.05) is 11.6 Å². The number of aryl methyl sites for hydroxylation is 2. The SMILES string of the molecule is Cc1cc(Cl)cc(C)c1N1CCN(CCO)CC1. The summed E-state index contributed by atoms with van der Waals surface area (Å²) in [5.41, 5.74) is 3.81. The first-order valence-corrected chi connectivity index (χ1v) is 6.84. The average molecular weight is 269 g/mol. The van der Waals surface area contributed by atoms with Crippen LogP contribution in [0.15, 0.2) is 12.1 Å². The van der Waals surface area contributed by atoms with Crippen LogP contribution < -0.4 is 4.90 Å². The van der Waals surface area contributed by atoms with Gasteiger partial charge in [-0.2, -0.15) is 0 Å². The number of aliphatic hydroxyl groups is 1. The molecule has 1 N–H and O–H groups in total. The fourth-order valence-corrected chi connectivity index (χ4v) is 3.07. The van der Waals surface area contributed by atoms with Gasteiger partial charge in [0.15, 0.2) is 0 Å². The largest absolute Gasteiger partial charge is 0.395 e. The molecule has 1 aromatic rings. The van der Waals surface area contributed by atoms with Gasteiger partial charge in [-0.05, 0) is 37.1 Å². The molecule has 0 aliphatic carbocycles. The van der Waals surface area contributed by atoms with Crippen molar-refractivity contribution in [3.63, 3.8) is 0 Å². The molecule has 0 spiro atoms. The van der Waals surface area contributed by atoms with E-state index < -0.39 is 0 Å². The number of benzene rings is 1. The number of β-amino-alcohol motifs (C(OH)–C–C–N with tert-alkyl or cyclic N) is 1. The zero-order chi connectivity index (χ0) is 13.1. The van der Waals surface area contributed by atoms with Gasteiger partial charge < -0.3 is 10.0 Å². The number of hydrogen-bond donors (Lipinski definition) is 1. The molecule has 1 heterocycles. The van der Waals surface area contributed by atoms with Gasteiger partial charge in [0, 0.05) is 43.4 Å². The summed E-state index contributed by atoms with van der Waals surface area (Å²) in [4.78, 5) is 4.73. The van der Waals surface area contributed by atoms with Gasteiger partial charge in [0.25, 0.3) is 0 Å². The lowest BCUT2D eigenvalue weighted by atomic mass is 10.1. The van der Waals surface area contributed by atoms with Crippen molar-refractivity contribution < 1.29 is 5.11 Å². The number of hydrogen-bond acceptors (Lipinski definition) is 3. The molecule has 100 valence electrons. The summed E-state index contributed by atoms with van der Waals surface area (Å²) in [7, 11) is 0. The highest BCUT2D eigenvalue weighted by molar-refractivity contribution is 6.30. The third kappa shape index (κ3) is 2.97. The van der Waals surface area contributed by atoms with Gasteiger partial charge >= 0.3 is 0 Å². The number of nitrogens with zero attached hydrogens (tertiary/aromatic N) is 2. The number of anilines is 1. The fraction of sp³-hybridized carbons (Fsp3) is 0.571. The third-order valence-electron chi connectivity index (χ3n) is 3.56. The van der Waals surface area contributed by atoms with Gasteiger partial charge in [0.05, 0.1) is 6.61 Å². The summed E-state index contributed by atoms with van der Waals surface area (Å²) >= 11 is 6.07. The molecule has 1 aliphatic heterocycles. The Hall–Kier alpha value is -0.770. The fourth-order valence-electron chi connectivity index (χ4n) is 2.74. The molecule has 1 aromatic carbocycles. The van der Waals surface area contributed by atoms with Crippen LogP contribution in [0, 0.1) is 13.8 Å². The Bertz CT molecular complexity index is 391. The van der Waals surface area contributed by atoms with E-state index in [1.165, 1.54) is 16.8 Å². The monoisotopic (exact) mass is 268 g/mol. The predicted octanol–water partition coefficient (Wildman–Crippen LogP) is 2.07. The number of halogens is 1. The first kappa shape index (κ1) is 13.7. The molecular formula is C14H21ClN2O. The van der Waals surface area contributed by atoms with Gasteiger partial charge in [0.2, 0.25) is 0 Å². The van der Waals surface area contributed by atoms with E-state index in [-0.39, 0.29) is 6.61 Å². The first-order valence-electron chi connectivity index (χ1n) is 6.46. The quantitative estimate of drug-likeness (QED) is 0.909. The minimum Gasteiger partial charge on any atom is -0.395 e. The lowest BCUT2D eigenvalue weighted by Gasteiger charge is -2.37. The molecular weight excluding hydrogens is 248 g/mol. The molecule has 3 nitrogen and oxygen atoms in total. The molecule has 1 aliphatic rings.